The second kappa shape index (κ2) is 8.91. The molecule has 0 atom stereocenters. The fraction of sp³-hybridized carbons (Fsp3) is 0.261. The van der Waals surface area contributed by atoms with Gasteiger partial charge in [-0.05, 0) is 42.8 Å². The summed E-state index contributed by atoms with van der Waals surface area (Å²) in [4.78, 5) is 28.4. The maximum atomic E-state index is 13.5. The molecule has 0 saturated carbocycles. The predicted octanol–water partition coefficient (Wildman–Crippen LogP) is 2.77. The molecule has 1 aliphatic heterocycles. The van der Waals surface area contributed by atoms with Gasteiger partial charge in [-0.2, -0.15) is 5.10 Å². The molecule has 3 aromatic rings. The molecular formula is C23H25N5O3. The summed E-state index contributed by atoms with van der Waals surface area (Å²) in [7, 11) is 1.61. The first kappa shape index (κ1) is 20.5. The Morgan fingerprint density at radius 3 is 2.29 bits per heavy atom. The monoisotopic (exact) mass is 419 g/mol. The molecule has 1 aromatic heterocycles. The van der Waals surface area contributed by atoms with E-state index in [1.54, 1.807) is 27.8 Å². The first-order chi connectivity index (χ1) is 15.1. The van der Waals surface area contributed by atoms with Crippen molar-refractivity contribution >= 4 is 11.9 Å². The van der Waals surface area contributed by atoms with Crippen LogP contribution in [0.2, 0.25) is 0 Å². The van der Waals surface area contributed by atoms with Crippen molar-refractivity contribution in [3.63, 3.8) is 0 Å². The molecule has 3 amide bonds. The molecule has 4 rings (SSSR count). The molecule has 2 N–H and O–H groups in total. The second-order valence-electron chi connectivity index (χ2n) is 7.37. The number of carbonyl (C=O) groups excluding carboxylic acids is 2. The van der Waals surface area contributed by atoms with Crippen LogP contribution >= 0.6 is 0 Å². The number of amides is 3. The van der Waals surface area contributed by atoms with Gasteiger partial charge in [0.1, 0.15) is 11.4 Å². The van der Waals surface area contributed by atoms with Gasteiger partial charge in [0.2, 0.25) is 0 Å². The highest BCUT2D eigenvalue weighted by molar-refractivity contribution is 6.00. The molecule has 0 aliphatic carbocycles. The molecule has 0 radical (unpaired) electrons. The van der Waals surface area contributed by atoms with E-state index < -0.39 is 6.03 Å². The molecule has 1 aliphatic rings. The van der Waals surface area contributed by atoms with Gasteiger partial charge in [0.15, 0.2) is 0 Å². The van der Waals surface area contributed by atoms with Crippen molar-refractivity contribution in [3.05, 3.63) is 66.4 Å². The number of rotatable bonds is 4. The van der Waals surface area contributed by atoms with Gasteiger partial charge in [-0.15, -0.1) is 0 Å². The van der Waals surface area contributed by atoms with Crippen LogP contribution < -0.4 is 10.5 Å². The second-order valence-corrected chi connectivity index (χ2v) is 7.37. The Balaban J connectivity index is 1.70. The van der Waals surface area contributed by atoms with Gasteiger partial charge in [0.25, 0.3) is 5.91 Å². The molecule has 0 unspecified atom stereocenters. The zero-order valence-corrected chi connectivity index (χ0v) is 17.4. The Kier molecular flexibility index (Phi) is 5.88. The van der Waals surface area contributed by atoms with E-state index in [-0.39, 0.29) is 5.91 Å². The van der Waals surface area contributed by atoms with E-state index in [1.807, 2.05) is 54.6 Å². The lowest BCUT2D eigenvalue weighted by Crippen LogP contribution is -2.39. The van der Waals surface area contributed by atoms with Crippen LogP contribution in [0.4, 0.5) is 4.79 Å². The Labute approximate surface area is 180 Å². The van der Waals surface area contributed by atoms with Crippen molar-refractivity contribution in [1.29, 1.82) is 0 Å². The van der Waals surface area contributed by atoms with Crippen molar-refractivity contribution in [2.24, 2.45) is 5.73 Å². The van der Waals surface area contributed by atoms with Crippen molar-refractivity contribution in [2.45, 2.75) is 6.42 Å². The fourth-order valence-corrected chi connectivity index (χ4v) is 3.72. The summed E-state index contributed by atoms with van der Waals surface area (Å²) in [5.41, 5.74) is 8.23. The number of nitrogens with two attached hydrogens (primary N) is 1. The molecule has 1 fully saturated rings. The van der Waals surface area contributed by atoms with Gasteiger partial charge in [-0.1, -0.05) is 18.2 Å². The lowest BCUT2D eigenvalue weighted by Gasteiger charge is -2.21. The van der Waals surface area contributed by atoms with E-state index in [4.69, 9.17) is 15.6 Å². The first-order valence-corrected chi connectivity index (χ1v) is 10.2. The van der Waals surface area contributed by atoms with Gasteiger partial charge in [0, 0.05) is 37.9 Å². The predicted molar refractivity (Wildman–Crippen MR) is 117 cm³/mol. The molecule has 31 heavy (non-hydrogen) atoms. The van der Waals surface area contributed by atoms with Crippen molar-refractivity contribution in [3.8, 4) is 22.7 Å². The van der Waals surface area contributed by atoms with Crippen molar-refractivity contribution in [2.75, 3.05) is 33.3 Å². The number of methoxy groups -OCH3 is 1. The molecule has 0 spiro atoms. The summed E-state index contributed by atoms with van der Waals surface area (Å²) in [6.07, 6.45) is 2.45. The summed E-state index contributed by atoms with van der Waals surface area (Å²) in [5, 5.41) is 4.73. The standard InChI is InChI=1S/C23H25N5O3/c1-31-19-10-8-17(9-11-19)21-20(16-28(25-21)18-6-3-2-4-7-18)22(29)26-12-5-13-27(15-14-26)23(24)30/h2-4,6-11,16H,5,12-15H2,1H3,(H2,24,30). The third kappa shape index (κ3) is 4.37. The Morgan fingerprint density at radius 1 is 0.935 bits per heavy atom. The Hall–Kier alpha value is -3.81. The van der Waals surface area contributed by atoms with Crippen LogP contribution in [0.3, 0.4) is 0 Å². The average molecular weight is 419 g/mol. The van der Waals surface area contributed by atoms with E-state index in [1.165, 1.54) is 0 Å². The van der Waals surface area contributed by atoms with Gasteiger partial charge >= 0.3 is 6.03 Å². The number of ether oxygens (including phenoxy) is 1. The first-order valence-electron chi connectivity index (χ1n) is 10.2. The number of aromatic nitrogens is 2. The van der Waals surface area contributed by atoms with Crippen LogP contribution in [0.25, 0.3) is 16.9 Å². The Bertz CT molecular complexity index is 1060. The van der Waals surface area contributed by atoms with E-state index in [0.717, 1.165) is 17.0 Å². The number of carbonyl (C=O) groups is 2. The van der Waals surface area contributed by atoms with Crippen molar-refractivity contribution < 1.29 is 14.3 Å². The van der Waals surface area contributed by atoms with Crippen molar-refractivity contribution in [1.82, 2.24) is 19.6 Å². The van der Waals surface area contributed by atoms with Gasteiger partial charge in [-0.25, -0.2) is 9.48 Å². The summed E-state index contributed by atoms with van der Waals surface area (Å²) in [5.74, 6) is 0.623. The molecular weight excluding hydrogens is 394 g/mol. The molecule has 2 heterocycles. The number of para-hydroxylation sites is 1. The van der Waals surface area contributed by atoms with E-state index in [2.05, 4.69) is 0 Å². The quantitative estimate of drug-likeness (QED) is 0.704. The number of urea groups is 1. The van der Waals surface area contributed by atoms with Crippen LogP contribution in [0.1, 0.15) is 16.8 Å². The molecule has 160 valence electrons. The number of hydrogen-bond donors (Lipinski definition) is 1. The average Bonchev–Trinajstić information content (AvgIpc) is 3.09. The minimum atomic E-state index is -0.454. The third-order valence-corrected chi connectivity index (χ3v) is 5.42. The minimum absolute atomic E-state index is 0.112. The van der Waals surface area contributed by atoms with Crippen LogP contribution in [-0.4, -0.2) is 64.8 Å². The highest BCUT2D eigenvalue weighted by atomic mass is 16.5. The normalized spacial score (nSPS) is 14.2. The summed E-state index contributed by atoms with van der Waals surface area (Å²) >= 11 is 0. The minimum Gasteiger partial charge on any atom is -0.497 e. The number of hydrogen-bond acceptors (Lipinski definition) is 4. The highest BCUT2D eigenvalue weighted by Crippen LogP contribution is 2.27. The van der Waals surface area contributed by atoms with E-state index in [0.29, 0.717) is 43.9 Å². The zero-order valence-electron chi connectivity index (χ0n) is 17.4. The maximum absolute atomic E-state index is 13.5. The van der Waals surface area contributed by atoms with Gasteiger partial charge in [0.05, 0.1) is 18.4 Å². The molecule has 8 nitrogen and oxygen atoms in total. The third-order valence-electron chi connectivity index (χ3n) is 5.42. The molecule has 1 saturated heterocycles. The lowest BCUT2D eigenvalue weighted by atomic mass is 10.1. The number of primary amides is 1. The SMILES string of the molecule is COc1ccc(-c2nn(-c3ccccc3)cc2C(=O)N2CCCN(C(N)=O)CC2)cc1. The van der Waals surface area contributed by atoms with Gasteiger partial charge < -0.3 is 20.3 Å². The highest BCUT2D eigenvalue weighted by Gasteiger charge is 2.26. The van der Waals surface area contributed by atoms with E-state index >= 15 is 0 Å². The van der Waals surface area contributed by atoms with Crippen LogP contribution in [0, 0.1) is 0 Å². The maximum Gasteiger partial charge on any atom is 0.314 e. The fourth-order valence-electron chi connectivity index (χ4n) is 3.72. The summed E-state index contributed by atoms with van der Waals surface area (Å²) < 4.78 is 6.98. The van der Waals surface area contributed by atoms with Crippen LogP contribution in [0.15, 0.2) is 60.8 Å². The molecule has 2 aromatic carbocycles. The Morgan fingerprint density at radius 2 is 1.61 bits per heavy atom. The summed E-state index contributed by atoms with van der Waals surface area (Å²) in [6.45, 7) is 1.96. The number of benzene rings is 2. The molecule has 8 heteroatoms. The largest absolute Gasteiger partial charge is 0.497 e. The lowest BCUT2D eigenvalue weighted by molar-refractivity contribution is 0.0763. The van der Waals surface area contributed by atoms with Crippen LogP contribution in [-0.2, 0) is 0 Å². The van der Waals surface area contributed by atoms with E-state index in [9.17, 15) is 9.59 Å². The summed E-state index contributed by atoms with van der Waals surface area (Å²) in [6, 6.07) is 16.7. The molecule has 0 bridgehead atoms. The topological polar surface area (TPSA) is 93.7 Å². The smallest absolute Gasteiger partial charge is 0.314 e. The zero-order chi connectivity index (χ0) is 21.8. The van der Waals surface area contributed by atoms with Crippen LogP contribution in [0.5, 0.6) is 5.75 Å². The van der Waals surface area contributed by atoms with Gasteiger partial charge in [-0.3, -0.25) is 4.79 Å². The number of nitrogens with zero attached hydrogens (tertiary/aromatic N) is 4.